The third-order valence-electron chi connectivity index (χ3n) is 6.47. The molecule has 4 rings (SSSR count). The molecule has 1 aliphatic heterocycles. The summed E-state index contributed by atoms with van der Waals surface area (Å²) in [6.45, 7) is 6.82. The van der Waals surface area contributed by atoms with Gasteiger partial charge in [0.05, 0.1) is 17.0 Å². The number of rotatable bonds is 9. The number of fused-ring (bicyclic) bond motifs is 1. The molecule has 1 heterocycles. The van der Waals surface area contributed by atoms with Gasteiger partial charge in [0.2, 0.25) is 5.91 Å². The highest BCUT2D eigenvalue weighted by atomic mass is 35.5. The second-order valence-electron chi connectivity index (χ2n) is 8.66. The lowest BCUT2D eigenvalue weighted by Crippen LogP contribution is -2.32. The van der Waals surface area contributed by atoms with E-state index in [1.807, 2.05) is 60.7 Å². The molecule has 186 valence electrons. The fourth-order valence-corrected chi connectivity index (χ4v) is 4.47. The number of hydrogen-bond acceptors (Lipinski definition) is 4. The van der Waals surface area contributed by atoms with Crippen molar-refractivity contribution in [3.63, 3.8) is 0 Å². The molecule has 0 unspecified atom stereocenters. The topological polar surface area (TPSA) is 64.7 Å². The van der Waals surface area contributed by atoms with Crippen LogP contribution in [0.15, 0.2) is 72.8 Å². The highest BCUT2D eigenvalue weighted by Crippen LogP contribution is 2.38. The monoisotopic (exact) mass is 502 g/mol. The predicted molar refractivity (Wildman–Crippen MR) is 149 cm³/mol. The fourth-order valence-electron chi connectivity index (χ4n) is 4.30. The first kappa shape index (κ1) is 25.5. The molecule has 0 bridgehead atoms. The minimum Gasteiger partial charge on any atom is -0.354 e. The lowest BCUT2D eigenvalue weighted by molar-refractivity contribution is -0.118. The zero-order chi connectivity index (χ0) is 25.7. The lowest BCUT2D eigenvalue weighted by Gasteiger charge is -2.22. The molecule has 36 heavy (non-hydrogen) atoms. The van der Waals surface area contributed by atoms with Gasteiger partial charge in [0.1, 0.15) is 0 Å². The molecule has 0 radical (unpaired) electrons. The van der Waals surface area contributed by atoms with Gasteiger partial charge in [0, 0.05) is 42.0 Å². The van der Waals surface area contributed by atoms with E-state index in [0.717, 1.165) is 42.1 Å². The highest BCUT2D eigenvalue weighted by Gasteiger charge is 2.28. The number of hydrogen-bond donors (Lipinski definition) is 2. The summed E-state index contributed by atoms with van der Waals surface area (Å²) in [5, 5.41) is 6.94. The summed E-state index contributed by atoms with van der Waals surface area (Å²) in [4.78, 5) is 29.6. The zero-order valence-electron chi connectivity index (χ0n) is 20.8. The first-order valence-corrected chi connectivity index (χ1v) is 12.6. The first-order chi connectivity index (χ1) is 17.4. The van der Waals surface area contributed by atoms with E-state index in [0.29, 0.717) is 28.4 Å². The van der Waals surface area contributed by atoms with Crippen LogP contribution in [0.25, 0.3) is 11.3 Å². The molecule has 7 heteroatoms. The van der Waals surface area contributed by atoms with Gasteiger partial charge in [0.25, 0.3) is 5.91 Å². The Morgan fingerprint density at radius 3 is 2.33 bits per heavy atom. The molecule has 2 N–H and O–H groups in total. The van der Waals surface area contributed by atoms with Crippen molar-refractivity contribution in [2.45, 2.75) is 20.3 Å². The van der Waals surface area contributed by atoms with Crippen LogP contribution in [0.1, 0.15) is 31.4 Å². The number of nitrogens with zero attached hydrogens (tertiary/aromatic N) is 2. The van der Waals surface area contributed by atoms with E-state index in [2.05, 4.69) is 29.4 Å². The van der Waals surface area contributed by atoms with Gasteiger partial charge in [-0.1, -0.05) is 61.8 Å². The summed E-state index contributed by atoms with van der Waals surface area (Å²) in [7, 11) is 1.80. The summed E-state index contributed by atoms with van der Waals surface area (Å²) in [6, 6.07) is 22.8. The van der Waals surface area contributed by atoms with Gasteiger partial charge in [-0.25, -0.2) is 0 Å². The Labute approximate surface area is 217 Å². The van der Waals surface area contributed by atoms with Crippen LogP contribution in [-0.2, 0) is 9.59 Å². The van der Waals surface area contributed by atoms with Crippen molar-refractivity contribution in [1.82, 2.24) is 4.90 Å². The molecule has 0 aliphatic carbocycles. The molecule has 3 aromatic rings. The van der Waals surface area contributed by atoms with Crippen molar-refractivity contribution in [3.8, 4) is 0 Å². The lowest BCUT2D eigenvalue weighted by atomic mass is 10.00. The number of nitrogens with one attached hydrogen (secondary N) is 2. The second kappa shape index (κ2) is 11.4. The van der Waals surface area contributed by atoms with Crippen LogP contribution >= 0.6 is 11.6 Å². The van der Waals surface area contributed by atoms with Crippen LogP contribution in [-0.4, -0.2) is 43.4 Å². The largest absolute Gasteiger partial charge is 0.354 e. The Morgan fingerprint density at radius 2 is 1.67 bits per heavy atom. The smallest absolute Gasteiger partial charge is 0.258 e. The van der Waals surface area contributed by atoms with Gasteiger partial charge in [-0.05, 0) is 55.1 Å². The van der Waals surface area contributed by atoms with Crippen LogP contribution in [0.4, 0.5) is 17.1 Å². The van der Waals surface area contributed by atoms with Crippen molar-refractivity contribution in [1.29, 1.82) is 0 Å². The fraction of sp³-hybridized carbons (Fsp3) is 0.241. The third-order valence-corrected chi connectivity index (χ3v) is 6.71. The number of amides is 2. The van der Waals surface area contributed by atoms with Gasteiger partial charge < -0.3 is 20.4 Å². The van der Waals surface area contributed by atoms with Crippen molar-refractivity contribution < 1.29 is 9.59 Å². The van der Waals surface area contributed by atoms with Gasteiger partial charge in [-0.2, -0.15) is 0 Å². The zero-order valence-corrected chi connectivity index (χ0v) is 21.6. The van der Waals surface area contributed by atoms with Gasteiger partial charge in [-0.3, -0.25) is 9.59 Å². The minimum absolute atomic E-state index is 0.0765. The maximum Gasteiger partial charge on any atom is 0.258 e. The van der Waals surface area contributed by atoms with Gasteiger partial charge in [-0.15, -0.1) is 0 Å². The Hall–Kier alpha value is -3.61. The maximum absolute atomic E-state index is 13.0. The number of halogens is 1. The Bertz CT molecular complexity index is 1270. The summed E-state index contributed by atoms with van der Waals surface area (Å²) >= 11 is 6.14. The van der Waals surface area contributed by atoms with E-state index < -0.39 is 0 Å². The summed E-state index contributed by atoms with van der Waals surface area (Å²) in [5.74, 6) is -0.110. The van der Waals surface area contributed by atoms with Gasteiger partial charge >= 0.3 is 0 Å². The summed E-state index contributed by atoms with van der Waals surface area (Å²) < 4.78 is 0. The molecule has 3 aromatic carbocycles. The van der Waals surface area contributed by atoms with Crippen LogP contribution in [0, 0.1) is 0 Å². The molecular formula is C29H31ClN4O2. The van der Waals surface area contributed by atoms with Crippen LogP contribution in [0.5, 0.6) is 0 Å². The first-order valence-electron chi connectivity index (χ1n) is 12.2. The van der Waals surface area contributed by atoms with E-state index in [-0.39, 0.29) is 11.8 Å². The van der Waals surface area contributed by atoms with E-state index in [4.69, 9.17) is 11.6 Å². The second-order valence-corrected chi connectivity index (χ2v) is 9.10. The Kier molecular flexibility index (Phi) is 8.08. The maximum atomic E-state index is 13.0. The number of benzene rings is 3. The Balaban J connectivity index is 1.60. The standard InChI is InChI=1S/C29H31ClN4O2/c1-4-34(5-2)18-17-26(35)33(3)23-14-12-22(13-15-23)31-28(20-9-7-6-8-10-20)27-24-16-11-21(30)19-25(24)32-29(27)36/h6-16,19,31H,4-5,17-18H2,1-3H3,(H,32,36). The molecule has 0 spiro atoms. The summed E-state index contributed by atoms with van der Waals surface area (Å²) in [6.07, 6.45) is 0.473. The SMILES string of the molecule is CCN(CC)CCC(=O)N(C)c1ccc(NC(=C2C(=O)Nc3cc(Cl)ccc32)c2ccccc2)cc1. The molecule has 6 nitrogen and oxygen atoms in total. The average Bonchev–Trinajstić information content (AvgIpc) is 3.22. The molecule has 0 atom stereocenters. The van der Waals surface area contributed by atoms with Gasteiger partial charge in [0.15, 0.2) is 0 Å². The van der Waals surface area contributed by atoms with E-state index in [9.17, 15) is 9.59 Å². The molecule has 0 aromatic heterocycles. The Morgan fingerprint density at radius 1 is 0.972 bits per heavy atom. The van der Waals surface area contributed by atoms with Crippen LogP contribution in [0.2, 0.25) is 5.02 Å². The van der Waals surface area contributed by atoms with Crippen LogP contribution < -0.4 is 15.5 Å². The highest BCUT2D eigenvalue weighted by molar-refractivity contribution is 6.38. The quantitative estimate of drug-likeness (QED) is 0.354. The van der Waals surface area contributed by atoms with E-state index >= 15 is 0 Å². The summed E-state index contributed by atoms with van der Waals surface area (Å²) in [5.41, 5.74) is 5.26. The number of carbonyl (C=O) groups is 2. The van der Waals surface area contributed by atoms with Crippen molar-refractivity contribution >= 4 is 51.7 Å². The van der Waals surface area contributed by atoms with Crippen molar-refractivity contribution in [2.24, 2.45) is 0 Å². The van der Waals surface area contributed by atoms with E-state index in [1.54, 1.807) is 24.1 Å². The van der Waals surface area contributed by atoms with Crippen molar-refractivity contribution in [3.05, 3.63) is 88.9 Å². The van der Waals surface area contributed by atoms with E-state index in [1.165, 1.54) is 0 Å². The molecule has 1 aliphatic rings. The molecular weight excluding hydrogens is 472 g/mol. The normalized spacial score (nSPS) is 13.9. The number of carbonyl (C=O) groups excluding carboxylic acids is 2. The molecule has 0 saturated heterocycles. The minimum atomic E-state index is -0.186. The third kappa shape index (κ3) is 5.61. The average molecular weight is 503 g/mol. The molecule has 2 amide bonds. The number of anilines is 3. The van der Waals surface area contributed by atoms with Crippen molar-refractivity contribution in [2.75, 3.05) is 42.2 Å². The predicted octanol–water partition coefficient (Wildman–Crippen LogP) is 5.97. The van der Waals surface area contributed by atoms with Crippen LogP contribution in [0.3, 0.4) is 0 Å². The molecule has 0 fully saturated rings. The molecule has 0 saturated carbocycles.